The van der Waals surface area contributed by atoms with Crippen molar-refractivity contribution in [3.63, 3.8) is 0 Å². The van der Waals surface area contributed by atoms with Gasteiger partial charge in [0.25, 0.3) is 5.91 Å². The summed E-state index contributed by atoms with van der Waals surface area (Å²) in [5.74, 6) is -2.15. The molecule has 2 amide bonds. The zero-order valence-electron chi connectivity index (χ0n) is 16.5. The highest BCUT2D eigenvalue weighted by Gasteiger charge is 2.23. The van der Waals surface area contributed by atoms with Gasteiger partial charge >= 0.3 is 0 Å². The van der Waals surface area contributed by atoms with Gasteiger partial charge in [0.15, 0.2) is 11.5 Å². The molecule has 0 aromatic heterocycles. The van der Waals surface area contributed by atoms with Crippen molar-refractivity contribution < 1.29 is 32.6 Å². The van der Waals surface area contributed by atoms with Gasteiger partial charge in [0.1, 0.15) is 23.9 Å². The zero-order chi connectivity index (χ0) is 21.6. The fourth-order valence-electron chi connectivity index (χ4n) is 2.68. The maximum Gasteiger partial charge on any atom is 0.254 e. The fourth-order valence-corrected chi connectivity index (χ4v) is 2.68. The number of amides is 2. The Morgan fingerprint density at radius 1 is 1.00 bits per heavy atom. The van der Waals surface area contributed by atoms with Crippen molar-refractivity contribution in [2.75, 3.05) is 39.7 Å². The Kier molecular flexibility index (Phi) is 7.35. The maximum absolute atomic E-state index is 13.7. The van der Waals surface area contributed by atoms with Crippen LogP contribution >= 0.6 is 0 Å². The molecular formula is C20H22F2N2O5. The van der Waals surface area contributed by atoms with Gasteiger partial charge in [0, 0.05) is 12.1 Å². The number of nitrogens with one attached hydrogen (secondary N) is 1. The summed E-state index contributed by atoms with van der Waals surface area (Å²) in [6.45, 7) is 1.45. The molecule has 0 fully saturated rings. The topological polar surface area (TPSA) is 77.1 Å². The van der Waals surface area contributed by atoms with Crippen LogP contribution in [0.15, 0.2) is 30.3 Å². The lowest BCUT2D eigenvalue weighted by Gasteiger charge is -2.22. The van der Waals surface area contributed by atoms with Crippen LogP contribution in [0.3, 0.4) is 0 Å². The highest BCUT2D eigenvalue weighted by molar-refractivity contribution is 6.00. The Balaban J connectivity index is 2.23. The first-order valence-electron chi connectivity index (χ1n) is 8.69. The average molecular weight is 408 g/mol. The molecule has 156 valence electrons. The predicted octanol–water partition coefficient (Wildman–Crippen LogP) is 3.09. The monoisotopic (exact) mass is 408 g/mol. The van der Waals surface area contributed by atoms with Crippen LogP contribution < -0.4 is 19.5 Å². The minimum Gasteiger partial charge on any atom is -0.493 e. The Morgan fingerprint density at radius 2 is 1.55 bits per heavy atom. The Bertz CT molecular complexity index is 859. The van der Waals surface area contributed by atoms with Gasteiger partial charge in [-0.25, -0.2) is 8.78 Å². The van der Waals surface area contributed by atoms with E-state index < -0.39 is 35.7 Å². The number of methoxy groups -OCH3 is 3. The van der Waals surface area contributed by atoms with Gasteiger partial charge in [0.2, 0.25) is 11.7 Å². The van der Waals surface area contributed by atoms with Crippen molar-refractivity contribution >= 4 is 17.5 Å². The van der Waals surface area contributed by atoms with Crippen molar-refractivity contribution in [1.82, 2.24) is 4.90 Å². The standard InChI is InChI=1S/C20H22F2N2O5/c1-5-24(11-17(25)23-18-13(21)7-6-8-14(18)22)20(26)12-9-15(27-2)19(29-4)16(10-12)28-3/h6-10H,5,11H2,1-4H3,(H,23,25). The molecule has 0 aliphatic rings. The van der Waals surface area contributed by atoms with Gasteiger partial charge in [-0.05, 0) is 31.2 Å². The SMILES string of the molecule is CCN(CC(=O)Nc1c(F)cccc1F)C(=O)c1cc(OC)c(OC)c(OC)c1. The zero-order valence-corrected chi connectivity index (χ0v) is 16.5. The fraction of sp³-hybridized carbons (Fsp3) is 0.300. The maximum atomic E-state index is 13.7. The molecule has 1 N–H and O–H groups in total. The number of halogens is 2. The third-order valence-electron chi connectivity index (χ3n) is 4.14. The molecule has 9 heteroatoms. The third kappa shape index (κ3) is 4.92. The molecule has 2 aromatic rings. The van der Waals surface area contributed by atoms with Gasteiger partial charge in [-0.15, -0.1) is 0 Å². The van der Waals surface area contributed by atoms with Crippen molar-refractivity contribution in [2.24, 2.45) is 0 Å². The number of ether oxygens (including phenoxy) is 3. The molecule has 0 saturated heterocycles. The summed E-state index contributed by atoms with van der Waals surface area (Å²) in [5.41, 5.74) is -0.361. The Labute approximate surface area is 167 Å². The van der Waals surface area contributed by atoms with Crippen LogP contribution in [0.25, 0.3) is 0 Å². The largest absolute Gasteiger partial charge is 0.493 e. The molecule has 7 nitrogen and oxygen atoms in total. The number of hydrogen-bond acceptors (Lipinski definition) is 5. The first-order valence-corrected chi connectivity index (χ1v) is 8.69. The van der Waals surface area contributed by atoms with E-state index in [4.69, 9.17) is 14.2 Å². The summed E-state index contributed by atoms with van der Waals surface area (Å²) < 4.78 is 43.1. The lowest BCUT2D eigenvalue weighted by atomic mass is 10.1. The van der Waals surface area contributed by atoms with Crippen LogP contribution in [-0.2, 0) is 4.79 Å². The van der Waals surface area contributed by atoms with Crippen LogP contribution in [0.1, 0.15) is 17.3 Å². The molecule has 2 aromatic carbocycles. The minimum atomic E-state index is -0.905. The highest BCUT2D eigenvalue weighted by atomic mass is 19.1. The summed E-state index contributed by atoms with van der Waals surface area (Å²) in [7, 11) is 4.27. The molecule has 29 heavy (non-hydrogen) atoms. The normalized spacial score (nSPS) is 10.3. The molecule has 0 spiro atoms. The van der Waals surface area contributed by atoms with E-state index in [2.05, 4.69) is 5.32 Å². The number of carbonyl (C=O) groups excluding carboxylic acids is 2. The Hall–Kier alpha value is -3.36. The second-order valence-corrected chi connectivity index (χ2v) is 5.88. The van der Waals surface area contributed by atoms with E-state index in [1.54, 1.807) is 6.92 Å². The van der Waals surface area contributed by atoms with Crippen molar-refractivity contribution in [3.8, 4) is 17.2 Å². The molecule has 0 aliphatic carbocycles. The molecule has 0 radical (unpaired) electrons. The highest BCUT2D eigenvalue weighted by Crippen LogP contribution is 2.38. The van der Waals surface area contributed by atoms with Crippen molar-refractivity contribution in [1.29, 1.82) is 0 Å². The number of carbonyl (C=O) groups is 2. The number of anilines is 1. The average Bonchev–Trinajstić information content (AvgIpc) is 2.72. The number of benzene rings is 2. The summed E-state index contributed by atoms with van der Waals surface area (Å²) >= 11 is 0. The van der Waals surface area contributed by atoms with Gasteiger partial charge in [-0.3, -0.25) is 9.59 Å². The number of para-hydroxylation sites is 1. The van der Waals surface area contributed by atoms with Gasteiger partial charge < -0.3 is 24.4 Å². The molecule has 0 aliphatic heterocycles. The summed E-state index contributed by atoms with van der Waals surface area (Å²) in [4.78, 5) is 26.4. The molecule has 0 bridgehead atoms. The summed E-state index contributed by atoms with van der Waals surface area (Å²) in [6, 6.07) is 6.16. The van der Waals surface area contributed by atoms with Crippen LogP contribution in [0, 0.1) is 11.6 Å². The van der Waals surface area contributed by atoms with Gasteiger partial charge in [-0.2, -0.15) is 0 Å². The van der Waals surface area contributed by atoms with Crippen LogP contribution in [0.5, 0.6) is 17.2 Å². The number of hydrogen-bond donors (Lipinski definition) is 1. The summed E-state index contributed by atoms with van der Waals surface area (Å²) in [6.07, 6.45) is 0. The number of rotatable bonds is 8. The smallest absolute Gasteiger partial charge is 0.254 e. The molecule has 0 heterocycles. The van der Waals surface area contributed by atoms with Crippen LogP contribution in [0.4, 0.5) is 14.5 Å². The van der Waals surface area contributed by atoms with Crippen LogP contribution in [0.2, 0.25) is 0 Å². The predicted molar refractivity (Wildman–Crippen MR) is 103 cm³/mol. The number of likely N-dealkylation sites (N-methyl/N-ethyl adjacent to an activating group) is 1. The van der Waals surface area contributed by atoms with Crippen molar-refractivity contribution in [3.05, 3.63) is 47.5 Å². The quantitative estimate of drug-likeness (QED) is 0.726. The van der Waals surface area contributed by atoms with E-state index in [9.17, 15) is 18.4 Å². The van der Waals surface area contributed by atoms with Gasteiger partial charge in [-0.1, -0.05) is 6.07 Å². The van der Waals surface area contributed by atoms with Gasteiger partial charge in [0.05, 0.1) is 21.3 Å². The van der Waals surface area contributed by atoms with E-state index in [0.717, 1.165) is 12.1 Å². The Morgan fingerprint density at radius 3 is 2.00 bits per heavy atom. The second-order valence-electron chi connectivity index (χ2n) is 5.88. The van der Waals surface area contributed by atoms with E-state index in [0.29, 0.717) is 5.75 Å². The van der Waals surface area contributed by atoms with E-state index in [1.807, 2.05) is 0 Å². The van der Waals surface area contributed by atoms with Crippen molar-refractivity contribution in [2.45, 2.75) is 6.92 Å². The van der Waals surface area contributed by atoms with Crippen LogP contribution in [-0.4, -0.2) is 51.1 Å². The second kappa shape index (κ2) is 9.72. The first kappa shape index (κ1) is 21.9. The first-order chi connectivity index (χ1) is 13.9. The molecule has 2 rings (SSSR count). The molecule has 0 unspecified atom stereocenters. The van der Waals surface area contributed by atoms with E-state index in [1.165, 1.54) is 44.4 Å². The molecule has 0 atom stereocenters. The lowest BCUT2D eigenvalue weighted by molar-refractivity contribution is -0.116. The molecule has 0 saturated carbocycles. The number of nitrogens with zero attached hydrogens (tertiary/aromatic N) is 1. The van der Waals surface area contributed by atoms with E-state index >= 15 is 0 Å². The third-order valence-corrected chi connectivity index (χ3v) is 4.14. The van der Waals surface area contributed by atoms with E-state index in [-0.39, 0.29) is 23.6 Å². The molecular weight excluding hydrogens is 386 g/mol. The summed E-state index contributed by atoms with van der Waals surface area (Å²) in [5, 5.41) is 2.16. The lowest BCUT2D eigenvalue weighted by Crippen LogP contribution is -2.38. The minimum absolute atomic E-state index is 0.183.